The number of carbonyl (C=O) groups excluding carboxylic acids is 1. The monoisotopic (exact) mass is 333 g/mol. The van der Waals surface area contributed by atoms with E-state index in [2.05, 4.69) is 31.2 Å². The molecule has 1 amide bonds. The molecule has 2 aromatic rings. The summed E-state index contributed by atoms with van der Waals surface area (Å²) >= 11 is 3.40. The summed E-state index contributed by atoms with van der Waals surface area (Å²) < 4.78 is 0.901. The van der Waals surface area contributed by atoms with E-state index in [0.29, 0.717) is 17.9 Å². The van der Waals surface area contributed by atoms with Crippen molar-refractivity contribution in [2.75, 3.05) is 0 Å². The van der Waals surface area contributed by atoms with Crippen LogP contribution in [0.15, 0.2) is 34.9 Å². The van der Waals surface area contributed by atoms with Crippen LogP contribution < -0.4 is 5.32 Å². The first kappa shape index (κ1) is 14.7. The minimum Gasteiger partial charge on any atom is -0.346 e. The summed E-state index contributed by atoms with van der Waals surface area (Å²) in [4.78, 5) is 20.6. The molecular weight excluding hydrogens is 318 g/mol. The van der Waals surface area contributed by atoms with E-state index in [1.165, 1.54) is 0 Å². The van der Waals surface area contributed by atoms with E-state index in [-0.39, 0.29) is 5.91 Å². The molecule has 0 saturated carbocycles. The second kappa shape index (κ2) is 6.61. The molecule has 0 aliphatic heterocycles. The van der Waals surface area contributed by atoms with Crippen molar-refractivity contribution in [3.05, 3.63) is 57.6 Å². The number of benzene rings is 1. The lowest BCUT2D eigenvalue weighted by atomic mass is 10.0. The fourth-order valence-corrected chi connectivity index (χ4v) is 2.30. The number of hydrogen-bond acceptors (Lipinski definition) is 3. The van der Waals surface area contributed by atoms with Gasteiger partial charge in [-0.25, -0.2) is 9.97 Å². The molecule has 0 spiro atoms. The Morgan fingerprint density at radius 2 is 2.15 bits per heavy atom. The van der Waals surface area contributed by atoms with Crippen LogP contribution in [0.1, 0.15) is 34.4 Å². The zero-order valence-electron chi connectivity index (χ0n) is 11.5. The minimum absolute atomic E-state index is 0.0839. The van der Waals surface area contributed by atoms with Crippen molar-refractivity contribution in [3.63, 3.8) is 0 Å². The van der Waals surface area contributed by atoms with Gasteiger partial charge in [-0.1, -0.05) is 28.9 Å². The van der Waals surface area contributed by atoms with E-state index in [4.69, 9.17) is 0 Å². The predicted octanol–water partition coefficient (Wildman–Crippen LogP) is 3.04. The van der Waals surface area contributed by atoms with Crippen molar-refractivity contribution >= 4 is 21.8 Å². The van der Waals surface area contributed by atoms with Crippen LogP contribution in [-0.4, -0.2) is 15.9 Å². The van der Waals surface area contributed by atoms with E-state index in [1.807, 2.05) is 32.0 Å². The summed E-state index contributed by atoms with van der Waals surface area (Å²) in [5, 5.41) is 2.89. The lowest BCUT2D eigenvalue weighted by molar-refractivity contribution is 0.0949. The van der Waals surface area contributed by atoms with Gasteiger partial charge in [0.15, 0.2) is 0 Å². The maximum atomic E-state index is 12.3. The quantitative estimate of drug-likeness (QED) is 0.935. The van der Waals surface area contributed by atoms with Gasteiger partial charge in [0.1, 0.15) is 5.82 Å². The fraction of sp³-hybridized carbons (Fsp3) is 0.267. The van der Waals surface area contributed by atoms with Gasteiger partial charge in [0.05, 0.1) is 12.2 Å². The molecular formula is C15H16BrN3O. The number of aromatic nitrogens is 2. The van der Waals surface area contributed by atoms with E-state index >= 15 is 0 Å². The third-order valence-electron chi connectivity index (χ3n) is 2.96. The third kappa shape index (κ3) is 3.63. The van der Waals surface area contributed by atoms with Gasteiger partial charge in [0, 0.05) is 16.2 Å². The highest BCUT2D eigenvalue weighted by Gasteiger charge is 2.11. The third-order valence-corrected chi connectivity index (χ3v) is 3.45. The highest BCUT2D eigenvalue weighted by Crippen LogP contribution is 2.17. The normalized spacial score (nSPS) is 10.3. The van der Waals surface area contributed by atoms with Gasteiger partial charge in [-0.15, -0.1) is 0 Å². The van der Waals surface area contributed by atoms with Crippen LogP contribution in [0.5, 0.6) is 0 Å². The number of aryl methyl sites for hydroxylation is 2. The highest BCUT2D eigenvalue weighted by molar-refractivity contribution is 9.10. The maximum absolute atomic E-state index is 12.3. The molecule has 5 heteroatoms. The molecule has 1 aromatic carbocycles. The van der Waals surface area contributed by atoms with Crippen LogP contribution in [0.3, 0.4) is 0 Å². The Labute approximate surface area is 126 Å². The van der Waals surface area contributed by atoms with E-state index in [1.54, 1.807) is 12.3 Å². The molecule has 0 aliphatic rings. The van der Waals surface area contributed by atoms with Crippen LogP contribution in [0, 0.1) is 6.92 Å². The lowest BCUT2D eigenvalue weighted by Crippen LogP contribution is -2.24. The van der Waals surface area contributed by atoms with Crippen LogP contribution in [0.2, 0.25) is 0 Å². The largest absolute Gasteiger partial charge is 0.346 e. The molecule has 104 valence electrons. The molecule has 1 aromatic heterocycles. The van der Waals surface area contributed by atoms with Crippen molar-refractivity contribution in [2.45, 2.75) is 26.8 Å². The summed E-state index contributed by atoms with van der Waals surface area (Å²) in [6.45, 7) is 4.26. The van der Waals surface area contributed by atoms with Gasteiger partial charge in [0.2, 0.25) is 0 Å². The van der Waals surface area contributed by atoms with Gasteiger partial charge in [-0.3, -0.25) is 4.79 Å². The van der Waals surface area contributed by atoms with Crippen LogP contribution in [-0.2, 0) is 13.0 Å². The molecule has 0 atom stereocenters. The molecule has 1 N–H and O–H groups in total. The average molecular weight is 334 g/mol. The number of nitrogens with one attached hydrogen (secondary N) is 1. The zero-order valence-corrected chi connectivity index (χ0v) is 13.1. The van der Waals surface area contributed by atoms with Gasteiger partial charge < -0.3 is 5.32 Å². The number of carbonyl (C=O) groups is 1. The second-order valence-electron chi connectivity index (χ2n) is 4.43. The Hall–Kier alpha value is -1.75. The standard InChI is InChI=1S/C15H16BrN3O/c1-3-11-4-5-12(16)8-14(11)15(20)18-9-13-6-7-17-10(2)19-13/h4-8H,3,9H2,1-2H3,(H,18,20). The van der Waals surface area contributed by atoms with Crippen molar-refractivity contribution in [3.8, 4) is 0 Å². The predicted molar refractivity (Wildman–Crippen MR) is 81.5 cm³/mol. The summed E-state index contributed by atoms with van der Waals surface area (Å²) in [6, 6.07) is 7.56. The van der Waals surface area contributed by atoms with E-state index in [0.717, 1.165) is 22.2 Å². The molecule has 0 saturated heterocycles. The minimum atomic E-state index is -0.0839. The molecule has 20 heavy (non-hydrogen) atoms. The Morgan fingerprint density at radius 1 is 1.35 bits per heavy atom. The molecule has 4 nitrogen and oxygen atoms in total. The summed E-state index contributed by atoms with van der Waals surface area (Å²) in [5.41, 5.74) is 2.54. The van der Waals surface area contributed by atoms with Crippen LogP contribution in [0.25, 0.3) is 0 Å². The Kier molecular flexibility index (Phi) is 4.84. The SMILES string of the molecule is CCc1ccc(Br)cc1C(=O)NCc1ccnc(C)n1. The second-order valence-corrected chi connectivity index (χ2v) is 5.35. The number of amides is 1. The van der Waals surface area contributed by atoms with Crippen LogP contribution >= 0.6 is 15.9 Å². The van der Waals surface area contributed by atoms with Crippen molar-refractivity contribution in [2.24, 2.45) is 0 Å². The molecule has 0 aliphatic carbocycles. The molecule has 0 fully saturated rings. The van der Waals surface area contributed by atoms with Gasteiger partial charge in [0.25, 0.3) is 5.91 Å². The van der Waals surface area contributed by atoms with Gasteiger partial charge in [-0.05, 0) is 37.1 Å². The molecule has 0 radical (unpaired) electrons. The zero-order chi connectivity index (χ0) is 14.5. The number of rotatable bonds is 4. The number of halogens is 1. The first-order chi connectivity index (χ1) is 9.60. The first-order valence-electron chi connectivity index (χ1n) is 6.45. The lowest BCUT2D eigenvalue weighted by Gasteiger charge is -2.09. The number of nitrogens with zero attached hydrogens (tertiary/aromatic N) is 2. The average Bonchev–Trinajstić information content (AvgIpc) is 2.45. The van der Waals surface area contributed by atoms with Gasteiger partial charge in [-0.2, -0.15) is 0 Å². The van der Waals surface area contributed by atoms with E-state index < -0.39 is 0 Å². The summed E-state index contributed by atoms with van der Waals surface area (Å²) in [6.07, 6.45) is 2.52. The van der Waals surface area contributed by atoms with Crippen molar-refractivity contribution < 1.29 is 4.79 Å². The first-order valence-corrected chi connectivity index (χ1v) is 7.24. The topological polar surface area (TPSA) is 54.9 Å². The Morgan fingerprint density at radius 3 is 2.85 bits per heavy atom. The molecule has 2 rings (SSSR count). The fourth-order valence-electron chi connectivity index (χ4n) is 1.94. The number of hydrogen-bond donors (Lipinski definition) is 1. The summed E-state index contributed by atoms with van der Waals surface area (Å²) in [7, 11) is 0. The van der Waals surface area contributed by atoms with Crippen molar-refractivity contribution in [1.29, 1.82) is 0 Å². The van der Waals surface area contributed by atoms with Crippen molar-refractivity contribution in [1.82, 2.24) is 15.3 Å². The summed E-state index contributed by atoms with van der Waals surface area (Å²) in [5.74, 6) is 0.618. The highest BCUT2D eigenvalue weighted by atomic mass is 79.9. The Bertz CT molecular complexity index is 628. The molecule has 0 bridgehead atoms. The smallest absolute Gasteiger partial charge is 0.251 e. The van der Waals surface area contributed by atoms with Crippen LogP contribution in [0.4, 0.5) is 0 Å². The molecule has 0 unspecified atom stereocenters. The molecule has 1 heterocycles. The Balaban J connectivity index is 2.10. The maximum Gasteiger partial charge on any atom is 0.251 e. The van der Waals surface area contributed by atoms with E-state index in [9.17, 15) is 4.79 Å². The van der Waals surface area contributed by atoms with Gasteiger partial charge >= 0.3 is 0 Å².